The predicted octanol–water partition coefficient (Wildman–Crippen LogP) is 3.07. The molecule has 1 N–H and O–H groups in total. The van der Waals surface area contributed by atoms with Crippen molar-refractivity contribution in [1.29, 1.82) is 0 Å². The number of carboxylic acid groups (broad SMARTS) is 1. The molecule has 0 bridgehead atoms. The molecule has 2 aromatic carbocycles. The van der Waals surface area contributed by atoms with E-state index >= 15 is 0 Å². The predicted molar refractivity (Wildman–Crippen MR) is 95.2 cm³/mol. The summed E-state index contributed by atoms with van der Waals surface area (Å²) in [6.07, 6.45) is 0.828. The van der Waals surface area contributed by atoms with Crippen LogP contribution >= 0.6 is 0 Å². The third-order valence-electron chi connectivity index (χ3n) is 4.70. The fraction of sp³-hybridized carbons (Fsp3) is 0.316. The van der Waals surface area contributed by atoms with Crippen molar-refractivity contribution in [3.63, 3.8) is 0 Å². The standard InChI is InChI=1S/C19H21NO4S/c1-15-7-9-17(10-8-15)25(23)24-20-13-11-19(12-14-20,18(21)22)16-5-3-2-4-6-16/h2-10H,11-14H2,1H3,(H,21,22)/t25-/m0/s1. The van der Waals surface area contributed by atoms with Crippen LogP contribution in [0.25, 0.3) is 0 Å². The lowest BCUT2D eigenvalue weighted by Gasteiger charge is -2.37. The fourth-order valence-electron chi connectivity index (χ4n) is 3.11. The highest BCUT2D eigenvalue weighted by Crippen LogP contribution is 2.36. The van der Waals surface area contributed by atoms with E-state index in [-0.39, 0.29) is 0 Å². The quantitative estimate of drug-likeness (QED) is 0.889. The van der Waals surface area contributed by atoms with Gasteiger partial charge in [0, 0.05) is 13.1 Å². The second-order valence-corrected chi connectivity index (χ2v) is 7.39. The Bertz CT molecular complexity index is 753. The molecule has 3 rings (SSSR count). The van der Waals surface area contributed by atoms with Gasteiger partial charge in [-0.3, -0.25) is 4.79 Å². The normalized spacial score (nSPS) is 18.6. The van der Waals surface area contributed by atoms with Crippen LogP contribution < -0.4 is 0 Å². The van der Waals surface area contributed by atoms with Gasteiger partial charge in [-0.2, -0.15) is 9.35 Å². The molecule has 1 atom stereocenters. The number of aryl methyl sites for hydroxylation is 1. The smallest absolute Gasteiger partial charge is 0.314 e. The molecule has 1 fully saturated rings. The summed E-state index contributed by atoms with van der Waals surface area (Å²) in [5.41, 5.74) is 0.988. The Kier molecular flexibility index (Phi) is 5.32. The number of hydrogen-bond donors (Lipinski definition) is 1. The molecule has 25 heavy (non-hydrogen) atoms. The first-order valence-corrected chi connectivity index (χ1v) is 9.29. The maximum atomic E-state index is 12.3. The van der Waals surface area contributed by atoms with Gasteiger partial charge in [-0.25, -0.2) is 4.21 Å². The maximum absolute atomic E-state index is 12.3. The Labute approximate surface area is 149 Å². The number of benzene rings is 2. The molecule has 132 valence electrons. The largest absolute Gasteiger partial charge is 0.481 e. The van der Waals surface area contributed by atoms with Gasteiger partial charge in [-0.1, -0.05) is 48.0 Å². The minimum atomic E-state index is -1.59. The van der Waals surface area contributed by atoms with E-state index in [1.54, 1.807) is 17.2 Å². The number of rotatable bonds is 5. The number of carboxylic acids is 1. The van der Waals surface area contributed by atoms with Gasteiger partial charge in [0.15, 0.2) is 0 Å². The van der Waals surface area contributed by atoms with Gasteiger partial charge in [0.05, 0.1) is 10.3 Å². The van der Waals surface area contributed by atoms with Crippen molar-refractivity contribution < 1.29 is 18.4 Å². The lowest BCUT2D eigenvalue weighted by Crippen LogP contribution is -2.47. The molecule has 1 aliphatic heterocycles. The summed E-state index contributed by atoms with van der Waals surface area (Å²) in [6, 6.07) is 16.6. The average Bonchev–Trinajstić information content (AvgIpc) is 2.63. The van der Waals surface area contributed by atoms with E-state index < -0.39 is 22.5 Å². The lowest BCUT2D eigenvalue weighted by molar-refractivity contribution is -0.150. The molecule has 0 unspecified atom stereocenters. The molecule has 1 saturated heterocycles. The molecule has 6 heteroatoms. The average molecular weight is 359 g/mol. The van der Waals surface area contributed by atoms with Crippen LogP contribution in [0, 0.1) is 6.92 Å². The number of hydrogen-bond acceptors (Lipinski definition) is 4. The topological polar surface area (TPSA) is 66.8 Å². The highest BCUT2D eigenvalue weighted by atomic mass is 32.2. The van der Waals surface area contributed by atoms with Crippen molar-refractivity contribution in [2.45, 2.75) is 30.1 Å². The van der Waals surface area contributed by atoms with Crippen molar-refractivity contribution in [2.24, 2.45) is 0 Å². The number of hydroxylamine groups is 2. The van der Waals surface area contributed by atoms with E-state index in [0.29, 0.717) is 30.8 Å². The number of piperidine rings is 1. The summed E-state index contributed by atoms with van der Waals surface area (Å²) in [7, 11) is 0. The molecule has 5 nitrogen and oxygen atoms in total. The van der Waals surface area contributed by atoms with Crippen molar-refractivity contribution in [1.82, 2.24) is 5.06 Å². The van der Waals surface area contributed by atoms with E-state index in [2.05, 4.69) is 0 Å². The lowest BCUT2D eigenvalue weighted by atomic mass is 9.73. The maximum Gasteiger partial charge on any atom is 0.314 e. The Morgan fingerprint density at radius 2 is 1.68 bits per heavy atom. The Balaban J connectivity index is 1.67. The molecular weight excluding hydrogens is 338 g/mol. The first kappa shape index (κ1) is 17.8. The summed E-state index contributed by atoms with van der Waals surface area (Å²) in [6.45, 7) is 2.80. The van der Waals surface area contributed by atoms with E-state index in [1.165, 1.54) is 0 Å². The van der Waals surface area contributed by atoms with Crippen LogP contribution in [-0.4, -0.2) is 33.4 Å². The first-order valence-electron chi connectivity index (χ1n) is 8.22. The van der Waals surface area contributed by atoms with Crippen LogP contribution in [0.3, 0.4) is 0 Å². The van der Waals surface area contributed by atoms with Crippen LogP contribution in [0.15, 0.2) is 59.5 Å². The van der Waals surface area contributed by atoms with Crippen LogP contribution in [0.2, 0.25) is 0 Å². The third-order valence-corrected chi connectivity index (χ3v) is 5.70. The molecule has 1 aliphatic rings. The second kappa shape index (κ2) is 7.47. The van der Waals surface area contributed by atoms with Crippen molar-refractivity contribution in [3.8, 4) is 0 Å². The van der Waals surface area contributed by atoms with Gasteiger partial charge in [0.25, 0.3) is 0 Å². The minimum absolute atomic E-state index is 0.414. The monoisotopic (exact) mass is 359 g/mol. The Morgan fingerprint density at radius 1 is 1.08 bits per heavy atom. The van der Waals surface area contributed by atoms with Gasteiger partial charge in [-0.05, 0) is 37.5 Å². The number of carbonyl (C=O) groups is 1. The van der Waals surface area contributed by atoms with E-state index in [9.17, 15) is 14.1 Å². The first-order chi connectivity index (χ1) is 12.0. The zero-order chi connectivity index (χ0) is 17.9. The van der Waals surface area contributed by atoms with Crippen LogP contribution in [0.1, 0.15) is 24.0 Å². The van der Waals surface area contributed by atoms with Crippen LogP contribution in [0.5, 0.6) is 0 Å². The molecule has 0 amide bonds. The number of nitrogens with zero attached hydrogens (tertiary/aromatic N) is 1. The number of aliphatic carboxylic acids is 1. The zero-order valence-electron chi connectivity index (χ0n) is 14.1. The van der Waals surface area contributed by atoms with Crippen LogP contribution in [0.4, 0.5) is 0 Å². The molecule has 1 heterocycles. The summed E-state index contributed by atoms with van der Waals surface area (Å²) >= 11 is -1.59. The third kappa shape index (κ3) is 3.81. The molecule has 0 aromatic heterocycles. The summed E-state index contributed by atoms with van der Waals surface area (Å²) in [4.78, 5) is 12.5. The van der Waals surface area contributed by atoms with Gasteiger partial charge in [0.1, 0.15) is 0 Å². The fourth-order valence-corrected chi connectivity index (χ4v) is 3.90. The van der Waals surface area contributed by atoms with E-state index in [4.69, 9.17) is 4.28 Å². The van der Waals surface area contributed by atoms with Crippen molar-refractivity contribution in [3.05, 3.63) is 65.7 Å². The SMILES string of the molecule is Cc1ccc([S@@](=O)ON2CCC(C(=O)O)(c3ccccc3)CC2)cc1. The summed E-state index contributed by atoms with van der Waals surface area (Å²) < 4.78 is 17.9. The Hall–Kier alpha value is -2.02. The molecule has 0 radical (unpaired) electrons. The summed E-state index contributed by atoms with van der Waals surface area (Å²) in [5, 5.41) is 11.4. The van der Waals surface area contributed by atoms with E-state index in [0.717, 1.165) is 11.1 Å². The molecule has 0 spiro atoms. The van der Waals surface area contributed by atoms with Crippen molar-refractivity contribution in [2.75, 3.05) is 13.1 Å². The van der Waals surface area contributed by atoms with Crippen LogP contribution in [-0.2, 0) is 25.6 Å². The zero-order valence-corrected chi connectivity index (χ0v) is 14.9. The van der Waals surface area contributed by atoms with E-state index in [1.807, 2.05) is 49.4 Å². The van der Waals surface area contributed by atoms with Gasteiger partial charge >= 0.3 is 5.97 Å². The highest BCUT2D eigenvalue weighted by molar-refractivity contribution is 7.80. The minimum Gasteiger partial charge on any atom is -0.481 e. The molecular formula is C19H21NO4S. The van der Waals surface area contributed by atoms with Gasteiger partial charge in [0.2, 0.25) is 11.1 Å². The van der Waals surface area contributed by atoms with Gasteiger partial charge < -0.3 is 5.11 Å². The molecule has 0 saturated carbocycles. The highest BCUT2D eigenvalue weighted by Gasteiger charge is 2.43. The van der Waals surface area contributed by atoms with Crippen molar-refractivity contribution >= 4 is 17.0 Å². The van der Waals surface area contributed by atoms with Gasteiger partial charge in [-0.15, -0.1) is 0 Å². The Morgan fingerprint density at radius 3 is 2.24 bits per heavy atom. The molecule has 2 aromatic rings. The molecule has 0 aliphatic carbocycles. The second-order valence-electron chi connectivity index (χ2n) is 6.30. The summed E-state index contributed by atoms with van der Waals surface area (Å²) in [5.74, 6) is -0.821.